The molecule has 0 aromatic carbocycles. The molecule has 11 heavy (non-hydrogen) atoms. The fraction of sp³-hybridized carbons (Fsp3) is 0.500. The van der Waals surface area contributed by atoms with Crippen LogP contribution in [0.15, 0.2) is 28.9 Å². The Morgan fingerprint density at radius 1 is 1.36 bits per heavy atom. The number of nitrogens with zero attached hydrogens (tertiary/aromatic N) is 1. The molecule has 1 nitrogen and oxygen atoms in total. The molecule has 0 atom stereocenters. The molecule has 0 aromatic heterocycles. The first-order chi connectivity index (χ1) is 5.38. The van der Waals surface area contributed by atoms with Gasteiger partial charge in [-0.2, -0.15) is 0 Å². The molecule has 0 unspecified atom stereocenters. The van der Waals surface area contributed by atoms with Gasteiger partial charge in [0.05, 0.1) is 0 Å². The molecule has 0 radical (unpaired) electrons. The smallest absolute Gasteiger partial charge is 0.0431 e. The average molecular weight is 149 g/mol. The molecule has 0 N–H and O–H groups in total. The van der Waals surface area contributed by atoms with Crippen LogP contribution < -0.4 is 0 Å². The van der Waals surface area contributed by atoms with Crippen molar-refractivity contribution < 1.29 is 0 Å². The molecule has 1 rings (SSSR count). The molecule has 0 spiro atoms. The van der Waals surface area contributed by atoms with E-state index in [1.54, 1.807) is 0 Å². The van der Waals surface area contributed by atoms with E-state index in [1.165, 1.54) is 24.1 Å². The van der Waals surface area contributed by atoms with Crippen LogP contribution in [0.5, 0.6) is 0 Å². The zero-order valence-corrected chi connectivity index (χ0v) is 7.14. The molecule has 1 heteroatoms. The van der Waals surface area contributed by atoms with Gasteiger partial charge < -0.3 is 0 Å². The highest BCUT2D eigenvalue weighted by atomic mass is 14.7. The molecule has 0 aromatic rings. The van der Waals surface area contributed by atoms with Crippen molar-refractivity contribution in [3.05, 3.63) is 23.9 Å². The molecule has 0 heterocycles. The van der Waals surface area contributed by atoms with E-state index in [0.717, 1.165) is 12.8 Å². The van der Waals surface area contributed by atoms with Crippen LogP contribution in [0, 0.1) is 0 Å². The van der Waals surface area contributed by atoms with Crippen molar-refractivity contribution in [3.8, 4) is 0 Å². The van der Waals surface area contributed by atoms with Gasteiger partial charge in [0.1, 0.15) is 0 Å². The maximum absolute atomic E-state index is 4.32. The Kier molecular flexibility index (Phi) is 3.09. The number of rotatable bonds is 2. The van der Waals surface area contributed by atoms with Crippen molar-refractivity contribution >= 4 is 6.21 Å². The lowest BCUT2D eigenvalue weighted by Crippen LogP contribution is -1.95. The van der Waals surface area contributed by atoms with Crippen molar-refractivity contribution in [1.82, 2.24) is 0 Å². The van der Waals surface area contributed by atoms with Gasteiger partial charge in [0.2, 0.25) is 0 Å². The van der Waals surface area contributed by atoms with Crippen LogP contribution in [0.2, 0.25) is 0 Å². The SMILES string of the molecule is C=CC1=C(N=CC)CCCC1. The summed E-state index contributed by atoms with van der Waals surface area (Å²) in [7, 11) is 0. The third-order valence-electron chi connectivity index (χ3n) is 2.01. The van der Waals surface area contributed by atoms with Crippen LogP contribution in [-0.2, 0) is 0 Å². The summed E-state index contributed by atoms with van der Waals surface area (Å²) in [5.74, 6) is 0. The van der Waals surface area contributed by atoms with Crippen LogP contribution in [-0.4, -0.2) is 6.21 Å². The fourth-order valence-corrected chi connectivity index (χ4v) is 1.44. The molecular weight excluding hydrogens is 134 g/mol. The van der Waals surface area contributed by atoms with Gasteiger partial charge in [0.25, 0.3) is 0 Å². The van der Waals surface area contributed by atoms with E-state index in [1.807, 2.05) is 19.2 Å². The van der Waals surface area contributed by atoms with Crippen molar-refractivity contribution in [1.29, 1.82) is 0 Å². The molecule has 0 saturated carbocycles. The van der Waals surface area contributed by atoms with E-state index < -0.39 is 0 Å². The number of hydrogen-bond donors (Lipinski definition) is 0. The minimum atomic E-state index is 1.13. The fourth-order valence-electron chi connectivity index (χ4n) is 1.44. The quantitative estimate of drug-likeness (QED) is 0.535. The molecule has 0 aliphatic heterocycles. The summed E-state index contributed by atoms with van der Waals surface area (Å²) < 4.78 is 0. The van der Waals surface area contributed by atoms with Gasteiger partial charge in [-0.05, 0) is 38.2 Å². The van der Waals surface area contributed by atoms with Crippen LogP contribution in [0.25, 0.3) is 0 Å². The third kappa shape index (κ3) is 2.04. The molecule has 0 saturated heterocycles. The largest absolute Gasteiger partial charge is 0.266 e. The Morgan fingerprint density at radius 2 is 2.09 bits per heavy atom. The van der Waals surface area contributed by atoms with Crippen LogP contribution >= 0.6 is 0 Å². The lowest BCUT2D eigenvalue weighted by Gasteiger charge is -2.13. The lowest BCUT2D eigenvalue weighted by molar-refractivity contribution is 0.678. The van der Waals surface area contributed by atoms with E-state index in [9.17, 15) is 0 Å². The first-order valence-corrected chi connectivity index (χ1v) is 4.21. The highest BCUT2D eigenvalue weighted by Crippen LogP contribution is 2.25. The van der Waals surface area contributed by atoms with Gasteiger partial charge in [0, 0.05) is 11.9 Å². The molecule has 0 bridgehead atoms. The highest BCUT2D eigenvalue weighted by Gasteiger charge is 2.07. The maximum atomic E-state index is 4.32. The molecule has 60 valence electrons. The normalized spacial score (nSPS) is 19.4. The summed E-state index contributed by atoms with van der Waals surface area (Å²) in [6, 6.07) is 0. The Bertz CT molecular complexity index is 199. The summed E-state index contributed by atoms with van der Waals surface area (Å²) in [4.78, 5) is 4.32. The Hall–Kier alpha value is -0.850. The highest BCUT2D eigenvalue weighted by molar-refractivity contribution is 5.56. The van der Waals surface area contributed by atoms with Crippen LogP contribution in [0.1, 0.15) is 32.6 Å². The number of aliphatic imine (C=N–C) groups is 1. The molecule has 0 fully saturated rings. The van der Waals surface area contributed by atoms with Gasteiger partial charge in [-0.15, -0.1) is 0 Å². The second-order valence-electron chi connectivity index (χ2n) is 2.77. The van der Waals surface area contributed by atoms with Gasteiger partial charge in [-0.25, -0.2) is 0 Å². The topological polar surface area (TPSA) is 12.4 Å². The summed E-state index contributed by atoms with van der Waals surface area (Å²) >= 11 is 0. The third-order valence-corrected chi connectivity index (χ3v) is 2.01. The van der Waals surface area contributed by atoms with Crippen molar-refractivity contribution in [2.75, 3.05) is 0 Å². The predicted octanol–water partition coefficient (Wildman–Crippen LogP) is 3.09. The first-order valence-electron chi connectivity index (χ1n) is 4.21. The van der Waals surface area contributed by atoms with E-state index >= 15 is 0 Å². The summed E-state index contributed by atoms with van der Waals surface area (Å²) in [5.41, 5.74) is 2.59. The monoisotopic (exact) mass is 149 g/mol. The van der Waals surface area contributed by atoms with Crippen molar-refractivity contribution in [2.24, 2.45) is 4.99 Å². The lowest BCUT2D eigenvalue weighted by atomic mass is 9.97. The predicted molar refractivity (Wildman–Crippen MR) is 49.9 cm³/mol. The summed E-state index contributed by atoms with van der Waals surface area (Å²) in [6.45, 7) is 5.75. The van der Waals surface area contributed by atoms with Crippen molar-refractivity contribution in [2.45, 2.75) is 32.6 Å². The summed E-state index contributed by atoms with van der Waals surface area (Å²) in [6.07, 6.45) is 8.68. The number of hydrogen-bond acceptors (Lipinski definition) is 1. The van der Waals surface area contributed by atoms with Crippen LogP contribution in [0.3, 0.4) is 0 Å². The molecule has 1 aliphatic rings. The van der Waals surface area contributed by atoms with E-state index in [4.69, 9.17) is 0 Å². The van der Waals surface area contributed by atoms with Crippen molar-refractivity contribution in [3.63, 3.8) is 0 Å². The van der Waals surface area contributed by atoms with E-state index in [0.29, 0.717) is 0 Å². The average Bonchev–Trinajstić information content (AvgIpc) is 2.06. The minimum Gasteiger partial charge on any atom is -0.266 e. The van der Waals surface area contributed by atoms with Gasteiger partial charge >= 0.3 is 0 Å². The minimum absolute atomic E-state index is 1.13. The molecular formula is C10H15N. The van der Waals surface area contributed by atoms with E-state index in [-0.39, 0.29) is 0 Å². The molecule has 0 amide bonds. The number of allylic oxidation sites excluding steroid dienone is 3. The standard InChI is InChI=1S/C10H15N/c1-3-9-7-5-6-8-10(9)11-4-2/h3-4H,1,5-8H2,2H3. The first kappa shape index (κ1) is 8.25. The van der Waals surface area contributed by atoms with Gasteiger partial charge in [-0.1, -0.05) is 12.7 Å². The Labute approximate surface area is 68.5 Å². The zero-order valence-electron chi connectivity index (χ0n) is 7.14. The summed E-state index contributed by atoms with van der Waals surface area (Å²) in [5, 5.41) is 0. The Balaban J connectivity index is 2.81. The van der Waals surface area contributed by atoms with E-state index in [2.05, 4.69) is 11.6 Å². The molecule has 1 aliphatic carbocycles. The second kappa shape index (κ2) is 4.12. The maximum Gasteiger partial charge on any atom is 0.0431 e. The van der Waals surface area contributed by atoms with Gasteiger partial charge in [0.15, 0.2) is 0 Å². The Morgan fingerprint density at radius 3 is 2.73 bits per heavy atom. The second-order valence-corrected chi connectivity index (χ2v) is 2.77. The van der Waals surface area contributed by atoms with Crippen LogP contribution in [0.4, 0.5) is 0 Å². The zero-order chi connectivity index (χ0) is 8.10. The van der Waals surface area contributed by atoms with Gasteiger partial charge in [-0.3, -0.25) is 4.99 Å².